The summed E-state index contributed by atoms with van der Waals surface area (Å²) in [5.74, 6) is -0.268. The fourth-order valence-corrected chi connectivity index (χ4v) is 1.47. The molecule has 15 heavy (non-hydrogen) atoms. The van der Waals surface area contributed by atoms with Gasteiger partial charge in [-0.2, -0.15) is 0 Å². The van der Waals surface area contributed by atoms with Crippen LogP contribution < -0.4 is 0 Å². The molecule has 1 aromatic carbocycles. The van der Waals surface area contributed by atoms with E-state index in [2.05, 4.69) is 4.98 Å². The molecule has 76 valence electrons. The Hall–Kier alpha value is -1.90. The maximum absolute atomic E-state index is 10.7. The van der Waals surface area contributed by atoms with Crippen LogP contribution in [0.4, 0.5) is 0 Å². The zero-order valence-electron chi connectivity index (χ0n) is 8.43. The van der Waals surface area contributed by atoms with E-state index in [1.807, 2.05) is 30.3 Å². The van der Waals surface area contributed by atoms with E-state index in [9.17, 15) is 4.79 Å². The molecule has 0 bridgehead atoms. The molecule has 2 rings (SSSR count). The third kappa shape index (κ3) is 2.13. The molecule has 0 fully saturated rings. The predicted molar refractivity (Wildman–Crippen MR) is 57.2 cm³/mol. The van der Waals surface area contributed by atoms with Gasteiger partial charge in [0.15, 0.2) is 0 Å². The highest BCUT2D eigenvalue weighted by molar-refractivity contribution is 5.82. The molecule has 0 spiro atoms. The second kappa shape index (κ2) is 4.09. The van der Waals surface area contributed by atoms with E-state index >= 15 is 0 Å². The van der Waals surface area contributed by atoms with Gasteiger partial charge in [-0.25, -0.2) is 0 Å². The van der Waals surface area contributed by atoms with Gasteiger partial charge in [0.1, 0.15) is 6.61 Å². The van der Waals surface area contributed by atoms with Gasteiger partial charge in [-0.1, -0.05) is 18.2 Å². The Bertz CT molecular complexity index is 488. The van der Waals surface area contributed by atoms with Crippen LogP contribution in [0.3, 0.4) is 0 Å². The van der Waals surface area contributed by atoms with Gasteiger partial charge in [-0.3, -0.25) is 9.78 Å². The minimum atomic E-state index is -0.268. The number of carbonyl (C=O) groups is 1. The quantitative estimate of drug-likeness (QED) is 0.700. The average molecular weight is 201 g/mol. The van der Waals surface area contributed by atoms with Crippen LogP contribution in [0.15, 0.2) is 36.5 Å². The van der Waals surface area contributed by atoms with Crippen molar-refractivity contribution in [2.24, 2.45) is 0 Å². The lowest BCUT2D eigenvalue weighted by atomic mass is 10.1. The maximum Gasteiger partial charge on any atom is 0.302 e. The van der Waals surface area contributed by atoms with Crippen LogP contribution in [-0.2, 0) is 16.1 Å². The zero-order valence-corrected chi connectivity index (χ0v) is 8.43. The molecule has 0 aliphatic heterocycles. The molecule has 1 heterocycles. The third-order valence-electron chi connectivity index (χ3n) is 2.17. The van der Waals surface area contributed by atoms with Crippen LogP contribution in [0.5, 0.6) is 0 Å². The van der Waals surface area contributed by atoms with Crippen LogP contribution in [-0.4, -0.2) is 11.0 Å². The molecule has 2 aromatic rings. The van der Waals surface area contributed by atoms with Gasteiger partial charge in [0, 0.05) is 18.5 Å². The number of pyridine rings is 1. The van der Waals surface area contributed by atoms with E-state index in [1.54, 1.807) is 6.20 Å². The number of rotatable bonds is 2. The van der Waals surface area contributed by atoms with Crippen LogP contribution in [0.2, 0.25) is 0 Å². The van der Waals surface area contributed by atoms with Crippen molar-refractivity contribution in [2.45, 2.75) is 13.5 Å². The van der Waals surface area contributed by atoms with Gasteiger partial charge < -0.3 is 4.74 Å². The van der Waals surface area contributed by atoms with E-state index in [-0.39, 0.29) is 5.97 Å². The first kappa shape index (κ1) is 9.65. The standard InChI is InChI=1S/C12H11NO2/c1-9(14)15-8-10-4-2-6-12-11(10)5-3-7-13-12/h2-7H,8H2,1H3. The summed E-state index contributed by atoms with van der Waals surface area (Å²) in [6.07, 6.45) is 1.75. The second-order valence-electron chi connectivity index (χ2n) is 3.27. The number of hydrogen-bond acceptors (Lipinski definition) is 3. The fraction of sp³-hybridized carbons (Fsp3) is 0.167. The molecule has 3 nitrogen and oxygen atoms in total. The lowest BCUT2D eigenvalue weighted by molar-refractivity contribution is -0.142. The molecular weight excluding hydrogens is 190 g/mol. The van der Waals surface area contributed by atoms with E-state index in [4.69, 9.17) is 4.74 Å². The summed E-state index contributed by atoms with van der Waals surface area (Å²) in [6, 6.07) is 9.63. The summed E-state index contributed by atoms with van der Waals surface area (Å²) < 4.78 is 4.97. The monoisotopic (exact) mass is 201 g/mol. The highest BCUT2D eigenvalue weighted by Crippen LogP contribution is 2.16. The average Bonchev–Trinajstić information content (AvgIpc) is 2.26. The first-order valence-corrected chi connectivity index (χ1v) is 4.73. The molecular formula is C12H11NO2. The zero-order chi connectivity index (χ0) is 10.7. The molecule has 0 amide bonds. The summed E-state index contributed by atoms with van der Waals surface area (Å²) in [4.78, 5) is 14.9. The Morgan fingerprint density at radius 3 is 3.00 bits per heavy atom. The van der Waals surface area contributed by atoms with Crippen molar-refractivity contribution in [3.63, 3.8) is 0 Å². The summed E-state index contributed by atoms with van der Waals surface area (Å²) in [6.45, 7) is 1.71. The van der Waals surface area contributed by atoms with Crippen molar-refractivity contribution in [1.29, 1.82) is 0 Å². The lowest BCUT2D eigenvalue weighted by Gasteiger charge is -2.05. The molecule has 0 unspecified atom stereocenters. The molecule has 0 aliphatic rings. The van der Waals surface area contributed by atoms with E-state index < -0.39 is 0 Å². The number of carbonyl (C=O) groups excluding carboxylic acids is 1. The normalized spacial score (nSPS) is 10.2. The molecule has 1 aromatic heterocycles. The third-order valence-corrected chi connectivity index (χ3v) is 2.17. The second-order valence-corrected chi connectivity index (χ2v) is 3.27. The Morgan fingerprint density at radius 2 is 2.20 bits per heavy atom. The van der Waals surface area contributed by atoms with Crippen molar-refractivity contribution < 1.29 is 9.53 Å². The first-order valence-electron chi connectivity index (χ1n) is 4.73. The van der Waals surface area contributed by atoms with Crippen molar-refractivity contribution in [1.82, 2.24) is 4.98 Å². The summed E-state index contributed by atoms with van der Waals surface area (Å²) in [7, 11) is 0. The van der Waals surface area contributed by atoms with Crippen LogP contribution in [0.25, 0.3) is 10.9 Å². The van der Waals surface area contributed by atoms with E-state index in [0.29, 0.717) is 6.61 Å². The van der Waals surface area contributed by atoms with Crippen molar-refractivity contribution in [3.05, 3.63) is 42.1 Å². The van der Waals surface area contributed by atoms with Crippen molar-refractivity contribution in [2.75, 3.05) is 0 Å². The Kier molecular flexibility index (Phi) is 2.63. The Balaban J connectivity index is 2.38. The summed E-state index contributed by atoms with van der Waals surface area (Å²) in [5.41, 5.74) is 1.90. The van der Waals surface area contributed by atoms with E-state index in [0.717, 1.165) is 16.5 Å². The number of hydrogen-bond donors (Lipinski definition) is 0. The number of nitrogens with zero attached hydrogens (tertiary/aromatic N) is 1. The van der Waals surface area contributed by atoms with Crippen LogP contribution in [0.1, 0.15) is 12.5 Å². The van der Waals surface area contributed by atoms with Gasteiger partial charge in [0.2, 0.25) is 0 Å². The lowest BCUT2D eigenvalue weighted by Crippen LogP contribution is -1.99. The van der Waals surface area contributed by atoms with Crippen molar-refractivity contribution >= 4 is 16.9 Å². The molecule has 0 saturated heterocycles. The molecule has 0 N–H and O–H groups in total. The number of benzene rings is 1. The summed E-state index contributed by atoms with van der Waals surface area (Å²) >= 11 is 0. The van der Waals surface area contributed by atoms with Gasteiger partial charge in [0.25, 0.3) is 0 Å². The Morgan fingerprint density at radius 1 is 1.33 bits per heavy atom. The van der Waals surface area contributed by atoms with E-state index in [1.165, 1.54) is 6.92 Å². The minimum absolute atomic E-state index is 0.268. The van der Waals surface area contributed by atoms with Crippen molar-refractivity contribution in [3.8, 4) is 0 Å². The van der Waals surface area contributed by atoms with Gasteiger partial charge >= 0.3 is 5.97 Å². The highest BCUT2D eigenvalue weighted by Gasteiger charge is 2.02. The summed E-state index contributed by atoms with van der Waals surface area (Å²) in [5, 5.41) is 1.03. The SMILES string of the molecule is CC(=O)OCc1cccc2ncccc12. The van der Waals surface area contributed by atoms with Gasteiger partial charge in [-0.05, 0) is 17.7 Å². The number of fused-ring (bicyclic) bond motifs is 1. The van der Waals surface area contributed by atoms with Crippen LogP contribution >= 0.6 is 0 Å². The predicted octanol–water partition coefficient (Wildman–Crippen LogP) is 2.30. The van der Waals surface area contributed by atoms with Gasteiger partial charge in [0.05, 0.1) is 5.52 Å². The topological polar surface area (TPSA) is 39.2 Å². The largest absolute Gasteiger partial charge is 0.461 e. The molecule has 0 aliphatic carbocycles. The van der Waals surface area contributed by atoms with Gasteiger partial charge in [-0.15, -0.1) is 0 Å². The number of ether oxygens (including phenoxy) is 1. The number of esters is 1. The minimum Gasteiger partial charge on any atom is -0.461 e. The number of aromatic nitrogens is 1. The highest BCUT2D eigenvalue weighted by atomic mass is 16.5. The molecule has 0 saturated carbocycles. The molecule has 0 atom stereocenters. The molecule has 3 heteroatoms. The van der Waals surface area contributed by atoms with Crippen LogP contribution in [0, 0.1) is 0 Å². The Labute approximate surface area is 87.7 Å². The molecule has 0 radical (unpaired) electrons. The maximum atomic E-state index is 10.7. The fourth-order valence-electron chi connectivity index (χ4n) is 1.47. The smallest absolute Gasteiger partial charge is 0.302 e. The first-order chi connectivity index (χ1) is 7.27.